The van der Waals surface area contributed by atoms with Crippen molar-refractivity contribution in [1.82, 2.24) is 25.2 Å². The van der Waals surface area contributed by atoms with E-state index in [0.29, 0.717) is 23.2 Å². The van der Waals surface area contributed by atoms with Crippen LogP contribution in [0.15, 0.2) is 78.7 Å². The standard InChI is InChI=1S/C23H20N6OS/c1-3-14-28(23-24-20(16-31-23)19-12-8-5-9-13-19)22(30)21(29-17(2)25-26-27-29)15-18-10-6-4-7-11-18/h3-13,15-16H,1,14H2,2H3. The van der Waals surface area contributed by atoms with Crippen LogP contribution in [0.4, 0.5) is 5.13 Å². The van der Waals surface area contributed by atoms with E-state index in [-0.39, 0.29) is 5.91 Å². The molecule has 2 aromatic carbocycles. The number of tetrazole rings is 1. The second kappa shape index (κ2) is 9.27. The number of anilines is 1. The molecule has 0 atom stereocenters. The predicted molar refractivity (Wildman–Crippen MR) is 123 cm³/mol. The quantitative estimate of drug-likeness (QED) is 0.324. The minimum Gasteiger partial charge on any atom is -0.279 e. The SMILES string of the molecule is C=CCN(C(=O)C(=Cc1ccccc1)n1nnnc1C)c1nc(-c2ccccc2)cs1. The Morgan fingerprint density at radius 1 is 1.13 bits per heavy atom. The highest BCUT2D eigenvalue weighted by Crippen LogP contribution is 2.29. The lowest BCUT2D eigenvalue weighted by Crippen LogP contribution is -2.33. The van der Waals surface area contributed by atoms with Gasteiger partial charge in [0.15, 0.2) is 11.0 Å². The van der Waals surface area contributed by atoms with Gasteiger partial charge in [-0.2, -0.15) is 4.68 Å². The van der Waals surface area contributed by atoms with Crippen molar-refractivity contribution in [3.05, 3.63) is 90.1 Å². The molecule has 0 N–H and O–H groups in total. The van der Waals surface area contributed by atoms with Crippen molar-refractivity contribution in [2.75, 3.05) is 11.4 Å². The number of carbonyl (C=O) groups is 1. The Labute approximate surface area is 184 Å². The average Bonchev–Trinajstić information content (AvgIpc) is 3.46. The zero-order valence-corrected chi connectivity index (χ0v) is 17.7. The van der Waals surface area contributed by atoms with Crippen LogP contribution in [-0.4, -0.2) is 37.6 Å². The molecule has 0 spiro atoms. The van der Waals surface area contributed by atoms with Gasteiger partial charge in [-0.1, -0.05) is 66.7 Å². The maximum absolute atomic E-state index is 13.7. The van der Waals surface area contributed by atoms with Crippen molar-refractivity contribution in [2.24, 2.45) is 0 Å². The maximum atomic E-state index is 13.7. The average molecular weight is 429 g/mol. The lowest BCUT2D eigenvalue weighted by Gasteiger charge is -2.20. The number of hydrogen-bond donors (Lipinski definition) is 0. The lowest BCUT2D eigenvalue weighted by molar-refractivity contribution is -0.113. The Hall–Kier alpha value is -3.91. The molecule has 0 unspecified atom stereocenters. The number of hydrogen-bond acceptors (Lipinski definition) is 6. The van der Waals surface area contributed by atoms with Crippen LogP contribution in [0.2, 0.25) is 0 Å². The lowest BCUT2D eigenvalue weighted by atomic mass is 10.2. The summed E-state index contributed by atoms with van der Waals surface area (Å²) in [6, 6.07) is 19.4. The molecule has 31 heavy (non-hydrogen) atoms. The minimum atomic E-state index is -0.270. The van der Waals surface area contributed by atoms with E-state index in [1.807, 2.05) is 66.0 Å². The van der Waals surface area contributed by atoms with Gasteiger partial charge in [0.1, 0.15) is 5.70 Å². The fraction of sp³-hybridized carbons (Fsp3) is 0.0870. The van der Waals surface area contributed by atoms with Crippen LogP contribution in [0, 0.1) is 6.92 Å². The van der Waals surface area contributed by atoms with Gasteiger partial charge >= 0.3 is 0 Å². The number of aromatic nitrogens is 5. The van der Waals surface area contributed by atoms with E-state index < -0.39 is 0 Å². The summed E-state index contributed by atoms with van der Waals surface area (Å²) < 4.78 is 1.44. The number of aryl methyl sites for hydroxylation is 1. The van der Waals surface area contributed by atoms with Gasteiger partial charge in [-0.25, -0.2) is 4.98 Å². The molecule has 0 bridgehead atoms. The maximum Gasteiger partial charge on any atom is 0.279 e. The molecule has 0 saturated heterocycles. The van der Waals surface area contributed by atoms with E-state index in [9.17, 15) is 4.79 Å². The van der Waals surface area contributed by atoms with Gasteiger partial charge in [-0.05, 0) is 29.0 Å². The first-order chi connectivity index (χ1) is 15.2. The van der Waals surface area contributed by atoms with E-state index >= 15 is 0 Å². The number of rotatable bonds is 7. The molecule has 8 heteroatoms. The summed E-state index contributed by atoms with van der Waals surface area (Å²) in [4.78, 5) is 20.0. The molecule has 4 aromatic rings. The number of carbonyl (C=O) groups excluding carboxylic acids is 1. The minimum absolute atomic E-state index is 0.270. The summed E-state index contributed by atoms with van der Waals surface area (Å²) in [7, 11) is 0. The first kappa shape index (κ1) is 20.4. The Kier molecular flexibility index (Phi) is 6.09. The first-order valence-corrected chi connectivity index (χ1v) is 10.5. The van der Waals surface area contributed by atoms with Crippen LogP contribution in [0.5, 0.6) is 0 Å². The Morgan fingerprint density at radius 2 is 1.84 bits per heavy atom. The number of benzene rings is 2. The van der Waals surface area contributed by atoms with E-state index in [0.717, 1.165) is 16.8 Å². The van der Waals surface area contributed by atoms with E-state index in [2.05, 4.69) is 22.1 Å². The zero-order valence-electron chi connectivity index (χ0n) is 16.9. The third-order valence-corrected chi connectivity index (χ3v) is 5.39. The molecule has 1 amide bonds. The number of nitrogens with zero attached hydrogens (tertiary/aromatic N) is 6. The van der Waals surface area contributed by atoms with E-state index in [4.69, 9.17) is 4.98 Å². The monoisotopic (exact) mass is 428 g/mol. The van der Waals surface area contributed by atoms with Crippen LogP contribution < -0.4 is 4.90 Å². The molecule has 2 aromatic heterocycles. The highest BCUT2D eigenvalue weighted by molar-refractivity contribution is 7.14. The van der Waals surface area contributed by atoms with Crippen LogP contribution in [0.3, 0.4) is 0 Å². The van der Waals surface area contributed by atoms with Crippen molar-refractivity contribution in [3.63, 3.8) is 0 Å². The molecule has 0 aliphatic rings. The fourth-order valence-corrected chi connectivity index (χ4v) is 3.86. The van der Waals surface area contributed by atoms with Crippen molar-refractivity contribution in [2.45, 2.75) is 6.92 Å². The second-order valence-electron chi connectivity index (χ2n) is 6.66. The van der Waals surface area contributed by atoms with E-state index in [1.54, 1.807) is 24.0 Å². The molecule has 2 heterocycles. The van der Waals surface area contributed by atoms with Crippen LogP contribution in [0.1, 0.15) is 11.4 Å². The van der Waals surface area contributed by atoms with E-state index in [1.165, 1.54) is 16.0 Å². The van der Waals surface area contributed by atoms with Crippen LogP contribution in [-0.2, 0) is 4.79 Å². The summed E-state index contributed by atoms with van der Waals surface area (Å²) in [6.07, 6.45) is 3.45. The van der Waals surface area contributed by atoms with Gasteiger partial charge in [0.25, 0.3) is 5.91 Å². The summed E-state index contributed by atoms with van der Waals surface area (Å²) >= 11 is 1.40. The van der Waals surface area contributed by atoms with Gasteiger partial charge in [0, 0.05) is 17.5 Å². The van der Waals surface area contributed by atoms with Gasteiger partial charge in [-0.3, -0.25) is 9.69 Å². The highest BCUT2D eigenvalue weighted by atomic mass is 32.1. The fourth-order valence-electron chi connectivity index (χ4n) is 3.02. The Balaban J connectivity index is 1.75. The molecule has 7 nitrogen and oxygen atoms in total. The van der Waals surface area contributed by atoms with Gasteiger partial charge < -0.3 is 0 Å². The molecule has 0 fully saturated rings. The van der Waals surface area contributed by atoms with Crippen LogP contribution in [0.25, 0.3) is 23.0 Å². The highest BCUT2D eigenvalue weighted by Gasteiger charge is 2.25. The summed E-state index contributed by atoms with van der Waals surface area (Å²) in [5.41, 5.74) is 3.00. The summed E-state index contributed by atoms with van der Waals surface area (Å²) in [5.74, 6) is 0.242. The summed E-state index contributed by atoms with van der Waals surface area (Å²) in [5, 5.41) is 14.2. The van der Waals surface area contributed by atoms with Crippen molar-refractivity contribution in [3.8, 4) is 11.3 Å². The smallest absolute Gasteiger partial charge is 0.279 e. The molecule has 0 saturated carbocycles. The normalized spacial score (nSPS) is 11.3. The Bertz CT molecular complexity index is 1210. The third kappa shape index (κ3) is 4.49. The second-order valence-corrected chi connectivity index (χ2v) is 7.50. The molecule has 154 valence electrons. The van der Waals surface area contributed by atoms with Crippen molar-refractivity contribution < 1.29 is 4.79 Å². The molecule has 4 rings (SSSR count). The molecular formula is C23H20N6OS. The van der Waals surface area contributed by atoms with Crippen molar-refractivity contribution in [1.29, 1.82) is 0 Å². The summed E-state index contributed by atoms with van der Waals surface area (Å²) in [6.45, 7) is 5.86. The molecule has 0 aliphatic carbocycles. The number of amides is 1. The first-order valence-electron chi connectivity index (χ1n) is 9.63. The van der Waals surface area contributed by atoms with Gasteiger partial charge in [0.2, 0.25) is 0 Å². The van der Waals surface area contributed by atoms with Gasteiger partial charge in [-0.15, -0.1) is 23.0 Å². The molecular weight excluding hydrogens is 408 g/mol. The molecule has 0 radical (unpaired) electrons. The molecule has 0 aliphatic heterocycles. The van der Waals surface area contributed by atoms with Crippen LogP contribution >= 0.6 is 11.3 Å². The largest absolute Gasteiger partial charge is 0.279 e. The van der Waals surface area contributed by atoms with Gasteiger partial charge in [0.05, 0.1) is 5.69 Å². The predicted octanol–water partition coefficient (Wildman–Crippen LogP) is 4.32. The number of thiazole rings is 1. The van der Waals surface area contributed by atoms with Crippen molar-refractivity contribution >= 4 is 34.1 Å². The topological polar surface area (TPSA) is 76.8 Å². The Morgan fingerprint density at radius 3 is 2.48 bits per heavy atom. The third-order valence-electron chi connectivity index (χ3n) is 4.53. The zero-order chi connectivity index (χ0) is 21.6.